The molecule has 0 spiro atoms. The zero-order chi connectivity index (χ0) is 9.90. The van der Waals surface area contributed by atoms with E-state index in [0.717, 1.165) is 12.0 Å². The predicted molar refractivity (Wildman–Crippen MR) is 52.1 cm³/mol. The van der Waals surface area contributed by atoms with Crippen LogP contribution in [-0.2, 0) is 21.2 Å². The molecule has 0 aromatic carbocycles. The Balaban J connectivity index is 2.81. The number of aromatic nitrogens is 1. The maximum Gasteiger partial charge on any atom is 0.238 e. The maximum absolute atomic E-state index is 10.7. The third-order valence-electron chi connectivity index (χ3n) is 1.61. The molecule has 1 rings (SSSR count). The van der Waals surface area contributed by atoms with Crippen LogP contribution in [0.15, 0.2) is 18.3 Å². The molecule has 0 atom stereocenters. The minimum absolute atomic E-state index is 0.210. The van der Waals surface area contributed by atoms with Crippen molar-refractivity contribution in [2.75, 3.05) is 0 Å². The summed E-state index contributed by atoms with van der Waals surface area (Å²) in [5.41, 5.74) is 1.56. The van der Waals surface area contributed by atoms with E-state index in [1.54, 1.807) is 12.3 Å². The number of nitrogens with zero attached hydrogens (tertiary/aromatic N) is 1. The number of hydrogen-bond acceptors (Lipinski definition) is 3. The van der Waals surface area contributed by atoms with E-state index in [1.807, 2.05) is 13.0 Å². The van der Waals surface area contributed by atoms with Crippen molar-refractivity contribution in [1.29, 1.82) is 0 Å². The van der Waals surface area contributed by atoms with Crippen LogP contribution in [-0.4, -0.2) is 13.4 Å². The Hall–Kier alpha value is -0.610. The van der Waals surface area contributed by atoms with E-state index in [1.165, 1.54) is 0 Å². The molecule has 1 heterocycles. The molecule has 0 bridgehead atoms. The number of rotatable bonds is 3. The summed E-state index contributed by atoms with van der Waals surface area (Å²) in [6.45, 7) is 2.01. The zero-order valence-electron chi connectivity index (χ0n) is 7.20. The molecule has 0 unspecified atom stereocenters. The fraction of sp³-hybridized carbons (Fsp3) is 0.375. The van der Waals surface area contributed by atoms with Gasteiger partial charge in [-0.25, -0.2) is 8.42 Å². The third-order valence-corrected chi connectivity index (χ3v) is 2.58. The summed E-state index contributed by atoms with van der Waals surface area (Å²) < 4.78 is 21.4. The standard InChI is InChI=1S/C8H10ClNO2S/c1-2-7-3-4-8(10-5-7)6-13(9,11)12/h3-5H,2,6H2,1H3. The lowest BCUT2D eigenvalue weighted by Gasteiger charge is -1.98. The van der Waals surface area contributed by atoms with Gasteiger partial charge in [0.1, 0.15) is 5.75 Å². The normalized spacial score (nSPS) is 11.5. The average molecular weight is 220 g/mol. The lowest BCUT2D eigenvalue weighted by molar-refractivity contribution is 0.608. The molecule has 0 N–H and O–H groups in total. The van der Waals surface area contributed by atoms with Crippen molar-refractivity contribution in [1.82, 2.24) is 4.98 Å². The van der Waals surface area contributed by atoms with Gasteiger partial charge in [0, 0.05) is 16.9 Å². The van der Waals surface area contributed by atoms with E-state index in [9.17, 15) is 8.42 Å². The van der Waals surface area contributed by atoms with Gasteiger partial charge in [-0.15, -0.1) is 0 Å². The molecular weight excluding hydrogens is 210 g/mol. The van der Waals surface area contributed by atoms with Crippen LogP contribution in [0, 0.1) is 0 Å². The second-order valence-electron chi connectivity index (χ2n) is 2.69. The molecule has 5 heteroatoms. The zero-order valence-corrected chi connectivity index (χ0v) is 8.77. The SMILES string of the molecule is CCc1ccc(CS(=O)(=O)Cl)nc1. The predicted octanol–water partition coefficient (Wildman–Crippen LogP) is 1.71. The summed E-state index contributed by atoms with van der Waals surface area (Å²) in [6, 6.07) is 3.53. The van der Waals surface area contributed by atoms with E-state index >= 15 is 0 Å². The van der Waals surface area contributed by atoms with Crippen LogP contribution in [0.3, 0.4) is 0 Å². The Morgan fingerprint density at radius 2 is 2.15 bits per heavy atom. The highest BCUT2D eigenvalue weighted by molar-refractivity contribution is 8.13. The van der Waals surface area contributed by atoms with Gasteiger partial charge in [-0.2, -0.15) is 0 Å². The van der Waals surface area contributed by atoms with Crippen LogP contribution in [0.1, 0.15) is 18.2 Å². The van der Waals surface area contributed by atoms with Gasteiger partial charge in [0.05, 0.1) is 5.69 Å². The minimum atomic E-state index is -3.49. The molecule has 0 amide bonds. The van der Waals surface area contributed by atoms with Crippen LogP contribution in [0.2, 0.25) is 0 Å². The quantitative estimate of drug-likeness (QED) is 0.728. The van der Waals surface area contributed by atoms with Crippen LogP contribution >= 0.6 is 10.7 Å². The van der Waals surface area contributed by atoms with E-state index in [-0.39, 0.29) is 5.75 Å². The van der Waals surface area contributed by atoms with Gasteiger partial charge in [0.25, 0.3) is 0 Å². The van der Waals surface area contributed by atoms with Crippen molar-refractivity contribution in [3.8, 4) is 0 Å². The fourth-order valence-corrected chi connectivity index (χ4v) is 1.79. The summed E-state index contributed by atoms with van der Waals surface area (Å²) in [5, 5.41) is 0. The number of hydrogen-bond donors (Lipinski definition) is 0. The Bertz CT molecular complexity index is 372. The highest BCUT2D eigenvalue weighted by Crippen LogP contribution is 2.08. The second kappa shape index (κ2) is 4.07. The molecule has 0 saturated heterocycles. The first-order valence-electron chi connectivity index (χ1n) is 3.87. The summed E-state index contributed by atoms with van der Waals surface area (Å²) in [7, 11) is 1.59. The monoisotopic (exact) mass is 219 g/mol. The number of halogens is 1. The van der Waals surface area contributed by atoms with Gasteiger partial charge >= 0.3 is 0 Å². The van der Waals surface area contributed by atoms with Crippen LogP contribution in [0.5, 0.6) is 0 Å². The third kappa shape index (κ3) is 3.74. The van der Waals surface area contributed by atoms with Gasteiger partial charge in [-0.3, -0.25) is 4.98 Å². The number of pyridine rings is 1. The van der Waals surface area contributed by atoms with Gasteiger partial charge in [-0.05, 0) is 18.1 Å². The van der Waals surface area contributed by atoms with Crippen molar-refractivity contribution in [3.05, 3.63) is 29.6 Å². The van der Waals surface area contributed by atoms with Crippen LogP contribution < -0.4 is 0 Å². The molecule has 0 saturated carbocycles. The highest BCUT2D eigenvalue weighted by Gasteiger charge is 2.07. The highest BCUT2D eigenvalue weighted by atomic mass is 35.7. The fourth-order valence-electron chi connectivity index (χ4n) is 0.926. The van der Waals surface area contributed by atoms with E-state index in [2.05, 4.69) is 4.98 Å². The van der Waals surface area contributed by atoms with Gasteiger partial charge in [0.2, 0.25) is 9.05 Å². The van der Waals surface area contributed by atoms with Crippen molar-refractivity contribution in [2.24, 2.45) is 0 Å². The van der Waals surface area contributed by atoms with Gasteiger partial charge in [0.15, 0.2) is 0 Å². The van der Waals surface area contributed by atoms with Gasteiger partial charge in [-0.1, -0.05) is 13.0 Å². The summed E-state index contributed by atoms with van der Waals surface area (Å²) >= 11 is 0. The summed E-state index contributed by atoms with van der Waals surface area (Å²) in [4.78, 5) is 3.97. The molecular formula is C8H10ClNO2S. The first-order chi connectivity index (χ1) is 6.01. The van der Waals surface area contributed by atoms with Crippen LogP contribution in [0.4, 0.5) is 0 Å². The smallest absolute Gasteiger partial charge is 0.238 e. The first-order valence-corrected chi connectivity index (χ1v) is 6.35. The second-order valence-corrected chi connectivity index (χ2v) is 5.47. The lowest BCUT2D eigenvalue weighted by atomic mass is 10.2. The van der Waals surface area contributed by atoms with Gasteiger partial charge < -0.3 is 0 Å². The van der Waals surface area contributed by atoms with Crippen molar-refractivity contribution in [2.45, 2.75) is 19.1 Å². The van der Waals surface area contributed by atoms with Crippen molar-refractivity contribution >= 4 is 19.7 Å². The molecule has 0 aliphatic rings. The Morgan fingerprint density at radius 3 is 2.54 bits per heavy atom. The number of aryl methyl sites for hydroxylation is 1. The summed E-state index contributed by atoms with van der Waals surface area (Å²) in [6.07, 6.45) is 2.55. The molecule has 13 heavy (non-hydrogen) atoms. The molecule has 0 aliphatic heterocycles. The molecule has 0 radical (unpaired) electrons. The maximum atomic E-state index is 10.7. The van der Waals surface area contributed by atoms with E-state index in [4.69, 9.17) is 10.7 Å². The minimum Gasteiger partial charge on any atom is -0.260 e. The molecule has 72 valence electrons. The van der Waals surface area contributed by atoms with Crippen molar-refractivity contribution < 1.29 is 8.42 Å². The Kier molecular flexibility index (Phi) is 3.27. The Labute approximate surface area is 82.2 Å². The molecule has 0 aliphatic carbocycles. The molecule has 1 aromatic rings. The first kappa shape index (κ1) is 10.5. The Morgan fingerprint density at radius 1 is 1.46 bits per heavy atom. The van der Waals surface area contributed by atoms with E-state index in [0.29, 0.717) is 5.69 Å². The molecule has 0 fully saturated rings. The molecule has 3 nitrogen and oxygen atoms in total. The molecule has 1 aromatic heterocycles. The topological polar surface area (TPSA) is 47.0 Å². The average Bonchev–Trinajstić information content (AvgIpc) is 2.03. The largest absolute Gasteiger partial charge is 0.260 e. The van der Waals surface area contributed by atoms with E-state index < -0.39 is 9.05 Å². The summed E-state index contributed by atoms with van der Waals surface area (Å²) in [5.74, 6) is -0.210. The lowest BCUT2D eigenvalue weighted by Crippen LogP contribution is -1.98. The van der Waals surface area contributed by atoms with Crippen molar-refractivity contribution in [3.63, 3.8) is 0 Å². The van der Waals surface area contributed by atoms with Crippen LogP contribution in [0.25, 0.3) is 0 Å².